The molecule has 0 atom stereocenters. The first-order chi connectivity index (χ1) is 10.7. The molecule has 0 fully saturated rings. The van der Waals surface area contributed by atoms with E-state index in [1.54, 1.807) is 0 Å². The van der Waals surface area contributed by atoms with Crippen LogP contribution in [0.15, 0.2) is 29.0 Å². The van der Waals surface area contributed by atoms with Gasteiger partial charge in [-0.2, -0.15) is 4.98 Å². The predicted octanol–water partition coefficient (Wildman–Crippen LogP) is 2.61. The van der Waals surface area contributed by atoms with Gasteiger partial charge in [-0.1, -0.05) is 19.0 Å². The fraction of sp³-hybridized carbons (Fsp3) is 0.438. The Kier molecular flexibility index (Phi) is 4.20. The lowest BCUT2D eigenvalue weighted by Crippen LogP contribution is -2.22. The Bertz CT molecular complexity index is 761. The number of aromatic nitrogens is 4. The van der Waals surface area contributed by atoms with Gasteiger partial charge in [-0.25, -0.2) is 4.98 Å². The fourth-order valence-corrected chi connectivity index (χ4v) is 2.41. The van der Waals surface area contributed by atoms with Crippen LogP contribution in [0.3, 0.4) is 0 Å². The molecule has 3 aromatic rings. The topological polar surface area (TPSA) is 59.5 Å². The average Bonchev–Trinajstić information content (AvgIpc) is 3.12. The molecule has 0 amide bonds. The smallest absolute Gasteiger partial charge is 0.240 e. The van der Waals surface area contributed by atoms with E-state index in [9.17, 15) is 0 Å². The van der Waals surface area contributed by atoms with Crippen molar-refractivity contribution < 1.29 is 4.52 Å². The van der Waals surface area contributed by atoms with E-state index in [0.717, 1.165) is 36.7 Å². The van der Waals surface area contributed by atoms with E-state index in [-0.39, 0.29) is 0 Å². The number of rotatable bonds is 6. The van der Waals surface area contributed by atoms with Crippen molar-refractivity contribution >= 4 is 5.65 Å². The first kappa shape index (κ1) is 14.7. The summed E-state index contributed by atoms with van der Waals surface area (Å²) in [7, 11) is 0. The maximum absolute atomic E-state index is 5.27. The summed E-state index contributed by atoms with van der Waals surface area (Å²) in [6.45, 7) is 8.53. The second-order valence-electron chi connectivity index (χ2n) is 5.46. The van der Waals surface area contributed by atoms with Crippen molar-refractivity contribution in [3.05, 3.63) is 47.5 Å². The van der Waals surface area contributed by atoms with Gasteiger partial charge in [0.1, 0.15) is 5.65 Å². The van der Waals surface area contributed by atoms with Crippen LogP contribution in [0.1, 0.15) is 36.8 Å². The molecule has 0 saturated carbocycles. The maximum Gasteiger partial charge on any atom is 0.240 e. The van der Waals surface area contributed by atoms with Gasteiger partial charge in [-0.15, -0.1) is 0 Å². The minimum Gasteiger partial charge on any atom is -0.338 e. The molecule has 0 radical (unpaired) electrons. The van der Waals surface area contributed by atoms with E-state index >= 15 is 0 Å². The largest absolute Gasteiger partial charge is 0.338 e. The van der Waals surface area contributed by atoms with E-state index in [2.05, 4.69) is 56.6 Å². The second-order valence-corrected chi connectivity index (χ2v) is 5.46. The summed E-state index contributed by atoms with van der Waals surface area (Å²) in [5.41, 5.74) is 3.25. The first-order valence-corrected chi connectivity index (χ1v) is 7.66. The van der Waals surface area contributed by atoms with E-state index in [1.807, 2.05) is 13.1 Å². The summed E-state index contributed by atoms with van der Waals surface area (Å²) in [5.74, 6) is 1.42. The van der Waals surface area contributed by atoms with Crippen LogP contribution < -0.4 is 0 Å². The normalized spacial score (nSPS) is 11.6. The van der Waals surface area contributed by atoms with Crippen LogP contribution in [-0.4, -0.2) is 31.0 Å². The van der Waals surface area contributed by atoms with Crippen molar-refractivity contribution in [1.82, 2.24) is 24.4 Å². The lowest BCUT2D eigenvalue weighted by Gasteiger charge is -2.16. The van der Waals surface area contributed by atoms with Gasteiger partial charge in [0.25, 0.3) is 0 Å². The van der Waals surface area contributed by atoms with Gasteiger partial charge in [-0.3, -0.25) is 4.90 Å². The van der Waals surface area contributed by atoms with Crippen LogP contribution in [0.5, 0.6) is 0 Å². The molecule has 0 bridgehead atoms. The molecule has 0 aromatic carbocycles. The highest BCUT2D eigenvalue weighted by atomic mass is 16.5. The average molecular weight is 299 g/mol. The van der Waals surface area contributed by atoms with Crippen molar-refractivity contribution in [2.24, 2.45) is 0 Å². The molecule has 3 heterocycles. The molecule has 22 heavy (non-hydrogen) atoms. The highest BCUT2D eigenvalue weighted by Gasteiger charge is 2.12. The van der Waals surface area contributed by atoms with Crippen LogP contribution >= 0.6 is 0 Å². The van der Waals surface area contributed by atoms with Gasteiger partial charge in [-0.05, 0) is 31.2 Å². The number of hydrogen-bond acceptors (Lipinski definition) is 5. The van der Waals surface area contributed by atoms with E-state index < -0.39 is 0 Å². The third kappa shape index (κ3) is 3.17. The van der Waals surface area contributed by atoms with Crippen molar-refractivity contribution in [3.63, 3.8) is 0 Å². The molecule has 3 rings (SSSR count). The van der Waals surface area contributed by atoms with Gasteiger partial charge in [0.15, 0.2) is 5.82 Å². The Morgan fingerprint density at radius 1 is 1.23 bits per heavy atom. The van der Waals surface area contributed by atoms with Crippen molar-refractivity contribution in [2.45, 2.75) is 40.3 Å². The number of imidazole rings is 1. The molecule has 0 aliphatic rings. The summed E-state index contributed by atoms with van der Waals surface area (Å²) in [5, 5.41) is 3.94. The standard InChI is InChI=1S/C16H21N5O/c1-4-14-18-16(22-19-14)11-20(5-2)9-13-10-21-7-6-12(3)8-15(21)17-13/h6-8,10H,4-5,9,11H2,1-3H3. The number of nitrogens with zero attached hydrogens (tertiary/aromatic N) is 5. The first-order valence-electron chi connectivity index (χ1n) is 7.66. The summed E-state index contributed by atoms with van der Waals surface area (Å²) < 4.78 is 7.33. The zero-order valence-electron chi connectivity index (χ0n) is 13.3. The third-order valence-corrected chi connectivity index (χ3v) is 3.68. The van der Waals surface area contributed by atoms with Crippen molar-refractivity contribution in [2.75, 3.05) is 6.54 Å². The molecule has 3 aromatic heterocycles. The van der Waals surface area contributed by atoms with Crippen LogP contribution in [0.4, 0.5) is 0 Å². The molecule has 6 nitrogen and oxygen atoms in total. The van der Waals surface area contributed by atoms with Gasteiger partial charge in [0, 0.05) is 25.4 Å². The summed E-state index contributed by atoms with van der Waals surface area (Å²) >= 11 is 0. The Labute approximate surface area is 129 Å². The molecule has 0 saturated heterocycles. The van der Waals surface area contributed by atoms with Crippen molar-refractivity contribution in [1.29, 1.82) is 0 Å². The predicted molar refractivity (Wildman–Crippen MR) is 83.4 cm³/mol. The van der Waals surface area contributed by atoms with Crippen LogP contribution in [0.2, 0.25) is 0 Å². The Hall–Kier alpha value is -2.21. The quantitative estimate of drug-likeness (QED) is 0.700. The molecule has 116 valence electrons. The molecule has 0 N–H and O–H groups in total. The number of fused-ring (bicyclic) bond motifs is 1. The zero-order chi connectivity index (χ0) is 15.5. The minimum absolute atomic E-state index is 0.649. The van der Waals surface area contributed by atoms with Crippen LogP contribution in [0.25, 0.3) is 5.65 Å². The van der Waals surface area contributed by atoms with Gasteiger partial charge in [0.2, 0.25) is 5.89 Å². The van der Waals surface area contributed by atoms with Crippen LogP contribution in [-0.2, 0) is 19.5 Å². The molecule has 0 spiro atoms. The minimum atomic E-state index is 0.649. The van der Waals surface area contributed by atoms with Crippen LogP contribution in [0, 0.1) is 6.92 Å². The number of hydrogen-bond donors (Lipinski definition) is 0. The number of aryl methyl sites for hydroxylation is 2. The van der Waals surface area contributed by atoms with Gasteiger partial charge in [0.05, 0.1) is 12.2 Å². The summed E-state index contributed by atoms with van der Waals surface area (Å²) in [6, 6.07) is 4.17. The number of pyridine rings is 1. The second kappa shape index (κ2) is 6.27. The molecule has 0 unspecified atom stereocenters. The van der Waals surface area contributed by atoms with E-state index in [1.165, 1.54) is 5.56 Å². The van der Waals surface area contributed by atoms with Gasteiger partial charge >= 0.3 is 0 Å². The monoisotopic (exact) mass is 299 g/mol. The lowest BCUT2D eigenvalue weighted by atomic mass is 10.3. The Morgan fingerprint density at radius 2 is 2.09 bits per heavy atom. The molecule has 6 heteroatoms. The molecular weight excluding hydrogens is 278 g/mol. The highest BCUT2D eigenvalue weighted by Crippen LogP contribution is 2.11. The zero-order valence-corrected chi connectivity index (χ0v) is 13.3. The highest BCUT2D eigenvalue weighted by molar-refractivity contribution is 5.42. The molecular formula is C16H21N5O. The van der Waals surface area contributed by atoms with E-state index in [0.29, 0.717) is 12.4 Å². The Morgan fingerprint density at radius 3 is 2.82 bits per heavy atom. The van der Waals surface area contributed by atoms with Gasteiger partial charge < -0.3 is 8.92 Å². The SMILES string of the molecule is CCc1noc(CN(CC)Cc2cn3ccc(C)cc3n2)n1. The summed E-state index contributed by atoms with van der Waals surface area (Å²) in [6.07, 6.45) is 4.91. The molecule has 0 aliphatic heterocycles. The lowest BCUT2D eigenvalue weighted by molar-refractivity contribution is 0.227. The summed E-state index contributed by atoms with van der Waals surface area (Å²) in [4.78, 5) is 11.3. The van der Waals surface area contributed by atoms with Crippen molar-refractivity contribution in [3.8, 4) is 0 Å². The maximum atomic E-state index is 5.27. The molecule has 0 aliphatic carbocycles. The fourth-order valence-electron chi connectivity index (χ4n) is 2.41. The Balaban J connectivity index is 1.73. The third-order valence-electron chi connectivity index (χ3n) is 3.68. The van der Waals surface area contributed by atoms with E-state index in [4.69, 9.17) is 4.52 Å².